The summed E-state index contributed by atoms with van der Waals surface area (Å²) in [5.74, 6) is 0.0598. The molecule has 4 rings (SSSR count). The van der Waals surface area contributed by atoms with Crippen LogP contribution in [0.5, 0.6) is 0 Å². The number of nitrogens with zero attached hydrogens (tertiary/aromatic N) is 3. The molecule has 2 unspecified atom stereocenters. The van der Waals surface area contributed by atoms with Crippen molar-refractivity contribution in [2.45, 2.75) is 32.0 Å². The van der Waals surface area contributed by atoms with E-state index in [1.54, 1.807) is 27.3 Å². The Labute approximate surface area is 131 Å². The van der Waals surface area contributed by atoms with Crippen LogP contribution in [-0.2, 0) is 6.54 Å². The van der Waals surface area contributed by atoms with Gasteiger partial charge in [-0.05, 0) is 31.0 Å². The fourth-order valence-corrected chi connectivity index (χ4v) is 2.94. The van der Waals surface area contributed by atoms with Crippen LogP contribution in [-0.4, -0.2) is 20.1 Å². The van der Waals surface area contributed by atoms with E-state index in [1.807, 2.05) is 6.92 Å². The van der Waals surface area contributed by atoms with E-state index in [0.717, 1.165) is 5.69 Å². The second-order valence-corrected chi connectivity index (χ2v) is 6.02. The number of hydrogen-bond donors (Lipinski definition) is 0. The Kier molecular flexibility index (Phi) is 3.07. The molecule has 1 aliphatic carbocycles. The van der Waals surface area contributed by atoms with Crippen LogP contribution in [0.2, 0.25) is 0 Å². The van der Waals surface area contributed by atoms with Gasteiger partial charge in [0.15, 0.2) is 0 Å². The van der Waals surface area contributed by atoms with Crippen LogP contribution in [0.3, 0.4) is 0 Å². The molecule has 1 aromatic carbocycles. The highest BCUT2D eigenvalue weighted by Crippen LogP contribution is 2.42. The second kappa shape index (κ2) is 5.01. The molecule has 118 valence electrons. The third-order valence-electron chi connectivity index (χ3n) is 4.31. The molecule has 3 aromatic rings. The number of aromatic nitrogens is 3. The summed E-state index contributed by atoms with van der Waals surface area (Å²) in [5.41, 5.74) is 1.65. The molecule has 0 aliphatic heterocycles. The number of imidazole rings is 1. The predicted octanol–water partition coefficient (Wildman–Crippen LogP) is 2.82. The quantitative estimate of drug-likeness (QED) is 0.745. The van der Waals surface area contributed by atoms with Gasteiger partial charge in [-0.3, -0.25) is 9.20 Å². The van der Waals surface area contributed by atoms with Crippen LogP contribution in [0.25, 0.3) is 5.52 Å². The van der Waals surface area contributed by atoms with Crippen molar-refractivity contribution in [3.8, 4) is 0 Å². The molecule has 0 N–H and O–H groups in total. The average molecular weight is 315 g/mol. The number of fused-ring (bicyclic) bond motifs is 1. The fourth-order valence-electron chi connectivity index (χ4n) is 2.94. The van der Waals surface area contributed by atoms with Crippen LogP contribution < -0.4 is 5.56 Å². The molecule has 1 saturated carbocycles. The van der Waals surface area contributed by atoms with Crippen molar-refractivity contribution in [3.05, 3.63) is 69.9 Å². The first kappa shape index (κ1) is 14.1. The standard InChI is InChI=1S/C17H15F2N3O/c1-10-8-22-15(7-20-16(22)13-6-14(13)19)17(23)21(10)9-11-3-2-4-12(18)5-11/h2-5,7-8,13-14H,6,9H2,1H3. The van der Waals surface area contributed by atoms with Crippen LogP contribution in [0.15, 0.2) is 41.5 Å². The van der Waals surface area contributed by atoms with E-state index in [9.17, 15) is 13.6 Å². The van der Waals surface area contributed by atoms with Crippen molar-refractivity contribution in [1.82, 2.24) is 14.0 Å². The summed E-state index contributed by atoms with van der Waals surface area (Å²) in [7, 11) is 0. The van der Waals surface area contributed by atoms with Gasteiger partial charge in [0, 0.05) is 11.9 Å². The Hall–Kier alpha value is -2.50. The number of hydrogen-bond acceptors (Lipinski definition) is 2. The summed E-state index contributed by atoms with van der Waals surface area (Å²) in [6.07, 6.45) is 2.88. The molecule has 0 bridgehead atoms. The van der Waals surface area contributed by atoms with E-state index in [-0.39, 0.29) is 23.8 Å². The van der Waals surface area contributed by atoms with Gasteiger partial charge in [-0.1, -0.05) is 12.1 Å². The zero-order valence-electron chi connectivity index (χ0n) is 12.5. The maximum Gasteiger partial charge on any atom is 0.276 e. The molecule has 0 saturated heterocycles. The summed E-state index contributed by atoms with van der Waals surface area (Å²) < 4.78 is 29.9. The smallest absolute Gasteiger partial charge is 0.276 e. The van der Waals surface area contributed by atoms with E-state index in [2.05, 4.69) is 4.98 Å². The van der Waals surface area contributed by atoms with Gasteiger partial charge < -0.3 is 4.57 Å². The Morgan fingerprint density at radius 1 is 1.39 bits per heavy atom. The molecular weight excluding hydrogens is 300 g/mol. The van der Waals surface area contributed by atoms with Crippen LogP contribution in [0.4, 0.5) is 8.78 Å². The molecule has 0 radical (unpaired) electrons. The molecule has 2 heterocycles. The first-order valence-corrected chi connectivity index (χ1v) is 7.50. The third kappa shape index (κ3) is 2.34. The molecule has 4 nitrogen and oxygen atoms in total. The lowest BCUT2D eigenvalue weighted by atomic mass is 10.2. The Morgan fingerprint density at radius 2 is 2.17 bits per heavy atom. The van der Waals surface area contributed by atoms with Gasteiger partial charge in [0.05, 0.1) is 18.7 Å². The van der Waals surface area contributed by atoms with Gasteiger partial charge in [-0.25, -0.2) is 13.8 Å². The van der Waals surface area contributed by atoms with Gasteiger partial charge in [-0.15, -0.1) is 0 Å². The normalized spacial score (nSPS) is 20.1. The van der Waals surface area contributed by atoms with Crippen molar-refractivity contribution < 1.29 is 8.78 Å². The number of aryl methyl sites for hydroxylation is 1. The Bertz CT molecular complexity index is 960. The number of rotatable bonds is 3. The number of halogens is 2. The molecular formula is C17H15F2N3O. The topological polar surface area (TPSA) is 39.3 Å². The van der Waals surface area contributed by atoms with Crippen LogP contribution >= 0.6 is 0 Å². The summed E-state index contributed by atoms with van der Waals surface area (Å²) in [6, 6.07) is 6.18. The zero-order valence-corrected chi connectivity index (χ0v) is 12.5. The lowest BCUT2D eigenvalue weighted by Gasteiger charge is -2.12. The minimum absolute atomic E-state index is 0.205. The number of benzene rings is 1. The SMILES string of the molecule is Cc1cn2c(C3CC3F)ncc2c(=O)n1Cc1cccc(F)c1. The van der Waals surface area contributed by atoms with Crippen LogP contribution in [0.1, 0.15) is 29.4 Å². The first-order chi connectivity index (χ1) is 11.0. The third-order valence-corrected chi connectivity index (χ3v) is 4.31. The second-order valence-electron chi connectivity index (χ2n) is 6.02. The van der Waals surface area contributed by atoms with Crippen molar-refractivity contribution >= 4 is 5.52 Å². The van der Waals surface area contributed by atoms with Crippen molar-refractivity contribution in [3.63, 3.8) is 0 Å². The molecule has 6 heteroatoms. The monoisotopic (exact) mass is 315 g/mol. The first-order valence-electron chi connectivity index (χ1n) is 7.50. The largest absolute Gasteiger partial charge is 0.305 e. The van der Waals surface area contributed by atoms with E-state index < -0.39 is 6.17 Å². The van der Waals surface area contributed by atoms with Gasteiger partial charge >= 0.3 is 0 Å². The van der Waals surface area contributed by atoms with E-state index >= 15 is 0 Å². The minimum Gasteiger partial charge on any atom is -0.305 e. The van der Waals surface area contributed by atoms with Crippen molar-refractivity contribution in [2.24, 2.45) is 0 Å². The van der Waals surface area contributed by atoms with E-state index in [4.69, 9.17) is 0 Å². The zero-order chi connectivity index (χ0) is 16.1. The molecule has 0 amide bonds. The van der Waals surface area contributed by atoms with Gasteiger partial charge in [0.1, 0.15) is 23.3 Å². The predicted molar refractivity (Wildman–Crippen MR) is 81.9 cm³/mol. The summed E-state index contributed by atoms with van der Waals surface area (Å²) in [4.78, 5) is 16.9. The highest BCUT2D eigenvalue weighted by Gasteiger charge is 2.42. The van der Waals surface area contributed by atoms with Crippen LogP contribution in [0, 0.1) is 12.7 Å². The molecule has 1 aliphatic rings. The molecule has 2 aromatic heterocycles. The molecule has 0 spiro atoms. The Balaban J connectivity index is 1.80. The van der Waals surface area contributed by atoms with Gasteiger partial charge in [0.2, 0.25) is 0 Å². The maximum absolute atomic E-state index is 13.3. The van der Waals surface area contributed by atoms with E-state index in [0.29, 0.717) is 23.3 Å². The highest BCUT2D eigenvalue weighted by atomic mass is 19.1. The number of alkyl halides is 1. The van der Waals surface area contributed by atoms with Gasteiger partial charge in [-0.2, -0.15) is 0 Å². The molecule has 1 fully saturated rings. The average Bonchev–Trinajstić information content (AvgIpc) is 3.07. The summed E-state index contributed by atoms with van der Waals surface area (Å²) >= 11 is 0. The lowest BCUT2D eigenvalue weighted by molar-refractivity contribution is 0.464. The summed E-state index contributed by atoms with van der Waals surface area (Å²) in [5, 5.41) is 0. The van der Waals surface area contributed by atoms with Crippen molar-refractivity contribution in [1.29, 1.82) is 0 Å². The molecule has 23 heavy (non-hydrogen) atoms. The minimum atomic E-state index is -0.865. The van der Waals surface area contributed by atoms with Crippen molar-refractivity contribution in [2.75, 3.05) is 0 Å². The van der Waals surface area contributed by atoms with Gasteiger partial charge in [0.25, 0.3) is 5.56 Å². The molecule has 2 atom stereocenters. The maximum atomic E-state index is 13.3. The fraction of sp³-hybridized carbons (Fsp3) is 0.294. The summed E-state index contributed by atoms with van der Waals surface area (Å²) in [6.45, 7) is 2.10. The highest BCUT2D eigenvalue weighted by molar-refractivity contribution is 5.46. The Morgan fingerprint density at radius 3 is 2.87 bits per heavy atom. The lowest BCUT2D eigenvalue weighted by Crippen LogP contribution is -2.25. The van der Waals surface area contributed by atoms with E-state index in [1.165, 1.54) is 18.3 Å².